The van der Waals surface area contributed by atoms with Crippen molar-refractivity contribution in [2.75, 3.05) is 16.8 Å². The van der Waals surface area contributed by atoms with E-state index in [1.54, 1.807) is 74.6 Å². The van der Waals surface area contributed by atoms with Gasteiger partial charge in [0.1, 0.15) is 24.1 Å². The van der Waals surface area contributed by atoms with E-state index in [1.807, 2.05) is 38.5 Å². The Morgan fingerprint density at radius 3 is 2.35 bits per heavy atom. The van der Waals surface area contributed by atoms with Crippen LogP contribution in [-0.4, -0.2) is 61.0 Å². The fourth-order valence-electron chi connectivity index (χ4n) is 5.21. The molecule has 5 aromatic rings. The zero-order chi connectivity index (χ0) is 36.7. The highest BCUT2D eigenvalue weighted by molar-refractivity contribution is 6.07. The highest BCUT2D eigenvalue weighted by Crippen LogP contribution is 2.22. The lowest BCUT2D eigenvalue weighted by Crippen LogP contribution is -2.34. The third-order valence-electron chi connectivity index (χ3n) is 8.07. The van der Waals surface area contributed by atoms with E-state index in [0.29, 0.717) is 40.4 Å². The number of aryl methyl sites for hydroxylation is 4. The van der Waals surface area contributed by atoms with Crippen molar-refractivity contribution in [2.45, 2.75) is 60.3 Å². The van der Waals surface area contributed by atoms with Gasteiger partial charge in [-0.1, -0.05) is 6.07 Å². The second kappa shape index (κ2) is 16.0. The van der Waals surface area contributed by atoms with Gasteiger partial charge in [-0.2, -0.15) is 0 Å². The van der Waals surface area contributed by atoms with E-state index in [4.69, 9.17) is 19.9 Å². The summed E-state index contributed by atoms with van der Waals surface area (Å²) < 4.78 is 12.5. The summed E-state index contributed by atoms with van der Waals surface area (Å²) in [5.74, 6) is 0.272. The van der Waals surface area contributed by atoms with Gasteiger partial charge in [0, 0.05) is 36.6 Å². The first-order chi connectivity index (χ1) is 24.4. The molecule has 5 rings (SSSR count). The first-order valence-electron chi connectivity index (χ1n) is 16.4. The average molecular weight is 692 g/mol. The lowest BCUT2D eigenvalue weighted by molar-refractivity contribution is -0.144. The number of nitrogens with zero attached hydrogens (tertiary/aromatic N) is 6. The van der Waals surface area contributed by atoms with Crippen LogP contribution >= 0.6 is 0 Å². The zero-order valence-corrected chi connectivity index (χ0v) is 29.5. The molecule has 3 N–H and O–H groups in total. The Hall–Kier alpha value is -6.18. The van der Waals surface area contributed by atoms with Gasteiger partial charge in [0.2, 0.25) is 0 Å². The molecule has 0 aliphatic carbocycles. The Morgan fingerprint density at radius 2 is 1.65 bits per heavy atom. The number of nitrogens with one attached hydrogen (secondary N) is 3. The number of pyridine rings is 1. The van der Waals surface area contributed by atoms with E-state index in [0.717, 1.165) is 28.4 Å². The number of anilines is 2. The van der Waals surface area contributed by atoms with Gasteiger partial charge in [-0.25, -0.2) is 14.8 Å². The molecule has 0 unspecified atom stereocenters. The maximum Gasteiger partial charge on any atom is 0.413 e. The summed E-state index contributed by atoms with van der Waals surface area (Å²) in [5.41, 5.74) is 6.08. The van der Waals surface area contributed by atoms with E-state index in [1.165, 1.54) is 4.90 Å². The number of alkyl carbamates (subject to hydrolysis) is 1. The fourth-order valence-corrected chi connectivity index (χ4v) is 5.21. The molecule has 0 saturated carbocycles. The Morgan fingerprint density at radius 1 is 0.922 bits per heavy atom. The number of aromatic nitrogens is 5. The molecule has 0 saturated heterocycles. The normalized spacial score (nSPS) is 11.0. The van der Waals surface area contributed by atoms with Crippen LogP contribution in [0.2, 0.25) is 0 Å². The maximum absolute atomic E-state index is 13.9. The van der Waals surface area contributed by atoms with Gasteiger partial charge in [-0.15, -0.1) is 0 Å². The molecule has 0 fully saturated rings. The number of carbonyl (C=O) groups excluding carboxylic acids is 3. The summed E-state index contributed by atoms with van der Waals surface area (Å²) in [4.78, 5) is 58.1. The SMILES string of the molecule is Cc1nc(C)c(COC(=O)CCN(C(=O)c2ccc3c(c2)nc(CNc2ccc(C(=N)NC(=O)OC(C)C)cc2)n3C)c2ccccn2)nc1C. The monoisotopic (exact) mass is 691 g/mol. The summed E-state index contributed by atoms with van der Waals surface area (Å²) in [7, 11) is 1.90. The number of rotatable bonds is 12. The lowest BCUT2D eigenvalue weighted by Gasteiger charge is -2.21. The molecule has 14 nitrogen and oxygen atoms in total. The zero-order valence-electron chi connectivity index (χ0n) is 29.5. The highest BCUT2D eigenvalue weighted by atomic mass is 16.6. The van der Waals surface area contributed by atoms with Crippen LogP contribution in [0, 0.1) is 26.2 Å². The van der Waals surface area contributed by atoms with Crippen molar-refractivity contribution in [3.05, 3.63) is 107 Å². The summed E-state index contributed by atoms with van der Waals surface area (Å²) in [6, 6.07) is 17.6. The number of imidazole rings is 1. The minimum atomic E-state index is -0.677. The summed E-state index contributed by atoms with van der Waals surface area (Å²) in [6.45, 7) is 9.47. The number of hydrogen-bond donors (Lipinski definition) is 3. The van der Waals surface area contributed by atoms with Gasteiger partial charge in [0.25, 0.3) is 5.91 Å². The number of amides is 2. The Balaban J connectivity index is 1.24. The number of fused-ring (bicyclic) bond motifs is 1. The molecule has 14 heteroatoms. The van der Waals surface area contributed by atoms with Crippen molar-refractivity contribution >= 4 is 46.3 Å². The Kier molecular flexibility index (Phi) is 11.3. The van der Waals surface area contributed by atoms with Gasteiger partial charge >= 0.3 is 12.1 Å². The molecule has 0 bridgehead atoms. The molecule has 0 spiro atoms. The molecule has 0 aliphatic heterocycles. The molecule has 3 heterocycles. The fraction of sp³-hybridized carbons (Fsp3) is 0.297. The first kappa shape index (κ1) is 36.1. The quantitative estimate of drug-likeness (QED) is 0.0856. The number of benzene rings is 2. The summed E-state index contributed by atoms with van der Waals surface area (Å²) >= 11 is 0. The largest absolute Gasteiger partial charge is 0.459 e. The number of esters is 1. The maximum atomic E-state index is 13.9. The van der Waals surface area contributed by atoms with Crippen molar-refractivity contribution in [1.29, 1.82) is 5.41 Å². The van der Waals surface area contributed by atoms with Gasteiger partial charge < -0.3 is 19.4 Å². The molecule has 2 amide bonds. The van der Waals surface area contributed by atoms with Crippen LogP contribution in [0.25, 0.3) is 11.0 Å². The predicted molar refractivity (Wildman–Crippen MR) is 193 cm³/mol. The van der Waals surface area contributed by atoms with Crippen molar-refractivity contribution < 1.29 is 23.9 Å². The minimum Gasteiger partial charge on any atom is -0.459 e. The number of carbonyl (C=O) groups is 3. The molecule has 264 valence electrons. The van der Waals surface area contributed by atoms with Crippen molar-refractivity contribution in [3.63, 3.8) is 0 Å². The molecule has 0 radical (unpaired) electrons. The molecule has 0 aliphatic rings. The van der Waals surface area contributed by atoms with E-state index < -0.39 is 12.1 Å². The van der Waals surface area contributed by atoms with Gasteiger partial charge in [-0.3, -0.25) is 35.2 Å². The molecule has 2 aromatic carbocycles. The Labute approximate surface area is 295 Å². The van der Waals surface area contributed by atoms with Crippen LogP contribution < -0.4 is 15.5 Å². The highest BCUT2D eigenvalue weighted by Gasteiger charge is 2.22. The van der Waals surface area contributed by atoms with Crippen LogP contribution in [0.4, 0.5) is 16.3 Å². The molecule has 0 atom stereocenters. The summed E-state index contributed by atoms with van der Waals surface area (Å²) in [6.07, 6.45) is 0.576. The van der Waals surface area contributed by atoms with Crippen LogP contribution in [0.5, 0.6) is 0 Å². The number of amidine groups is 1. The van der Waals surface area contributed by atoms with E-state index in [2.05, 4.69) is 25.6 Å². The second-order valence-corrected chi connectivity index (χ2v) is 12.2. The molecule has 51 heavy (non-hydrogen) atoms. The van der Waals surface area contributed by atoms with Crippen LogP contribution in [0.15, 0.2) is 66.9 Å². The summed E-state index contributed by atoms with van der Waals surface area (Å²) in [5, 5.41) is 13.9. The predicted octanol–water partition coefficient (Wildman–Crippen LogP) is 5.54. The third-order valence-corrected chi connectivity index (χ3v) is 8.07. The molecular formula is C37H41N9O5. The van der Waals surface area contributed by atoms with Crippen LogP contribution in [0.3, 0.4) is 0 Å². The Bertz CT molecular complexity index is 2060. The van der Waals surface area contributed by atoms with Crippen molar-refractivity contribution in [1.82, 2.24) is 29.8 Å². The van der Waals surface area contributed by atoms with Gasteiger partial charge in [0.15, 0.2) is 0 Å². The average Bonchev–Trinajstić information content (AvgIpc) is 3.42. The van der Waals surface area contributed by atoms with Gasteiger partial charge in [0.05, 0.1) is 52.9 Å². The third kappa shape index (κ3) is 9.09. The number of hydrogen-bond acceptors (Lipinski definition) is 11. The van der Waals surface area contributed by atoms with Crippen molar-refractivity contribution in [3.8, 4) is 0 Å². The smallest absolute Gasteiger partial charge is 0.413 e. The standard InChI is InChI=1S/C37H41N9O5/c1-22(2)51-37(49)44-35(38)26-10-13-28(14-11-26)40-20-33-43-29-19-27(12-15-31(29)45(33)6)36(48)46(32-9-7-8-17-39-32)18-16-34(47)50-21-30-25(5)41-23(3)24(4)42-30/h7-15,17,19,22,40H,16,18,20-21H2,1-6H3,(H2,38,44,49). The number of ether oxygens (including phenoxy) is 2. The minimum absolute atomic E-state index is 0.00603. The van der Waals surface area contributed by atoms with E-state index in [-0.39, 0.29) is 37.4 Å². The molecular weight excluding hydrogens is 650 g/mol. The topological polar surface area (TPSA) is 177 Å². The van der Waals surface area contributed by atoms with Crippen LogP contribution in [-0.2, 0) is 34.5 Å². The first-order valence-corrected chi connectivity index (χ1v) is 16.4. The van der Waals surface area contributed by atoms with E-state index in [9.17, 15) is 14.4 Å². The second-order valence-electron chi connectivity index (χ2n) is 12.2. The van der Waals surface area contributed by atoms with Crippen LogP contribution in [0.1, 0.15) is 64.8 Å². The van der Waals surface area contributed by atoms with Gasteiger partial charge in [-0.05, 0) is 89.2 Å². The lowest BCUT2D eigenvalue weighted by atomic mass is 10.1. The molecule has 3 aromatic heterocycles. The van der Waals surface area contributed by atoms with Crippen molar-refractivity contribution in [2.24, 2.45) is 7.05 Å². The van der Waals surface area contributed by atoms with E-state index >= 15 is 0 Å².